The molecule has 1 unspecified atom stereocenters. The molecular formula is C12H21N3O. The van der Waals surface area contributed by atoms with Crippen molar-refractivity contribution in [2.24, 2.45) is 11.7 Å². The first-order chi connectivity index (χ1) is 7.52. The molecule has 1 heterocycles. The van der Waals surface area contributed by atoms with Gasteiger partial charge in [-0.15, -0.1) is 0 Å². The summed E-state index contributed by atoms with van der Waals surface area (Å²) in [7, 11) is 0. The lowest BCUT2D eigenvalue weighted by molar-refractivity contribution is -0.135. The van der Waals surface area contributed by atoms with Crippen LogP contribution in [0.5, 0.6) is 0 Å². The van der Waals surface area contributed by atoms with Crippen molar-refractivity contribution in [1.29, 1.82) is 5.26 Å². The predicted octanol–water partition coefficient (Wildman–Crippen LogP) is 1.26. The maximum absolute atomic E-state index is 12.2. The fourth-order valence-corrected chi connectivity index (χ4v) is 2.15. The summed E-state index contributed by atoms with van der Waals surface area (Å²) in [5.74, 6) is 0.102. The summed E-state index contributed by atoms with van der Waals surface area (Å²) in [6.45, 7) is 5.98. The Morgan fingerprint density at radius 3 is 2.75 bits per heavy atom. The topological polar surface area (TPSA) is 70.1 Å². The van der Waals surface area contributed by atoms with E-state index in [9.17, 15) is 4.79 Å². The Kier molecular flexibility index (Phi) is 4.31. The van der Waals surface area contributed by atoms with Crippen LogP contribution in [0, 0.1) is 17.2 Å². The number of rotatable bonds is 3. The Morgan fingerprint density at radius 2 is 2.25 bits per heavy atom. The third-order valence-corrected chi connectivity index (χ3v) is 3.61. The van der Waals surface area contributed by atoms with Gasteiger partial charge in [0.2, 0.25) is 5.91 Å². The van der Waals surface area contributed by atoms with Crippen molar-refractivity contribution < 1.29 is 4.79 Å². The van der Waals surface area contributed by atoms with E-state index >= 15 is 0 Å². The highest BCUT2D eigenvalue weighted by atomic mass is 16.2. The summed E-state index contributed by atoms with van der Waals surface area (Å²) >= 11 is 0. The second-order valence-electron chi connectivity index (χ2n) is 4.73. The minimum absolute atomic E-state index is 0.0640. The molecule has 2 N–H and O–H groups in total. The van der Waals surface area contributed by atoms with Gasteiger partial charge < -0.3 is 10.6 Å². The number of hydrogen-bond acceptors (Lipinski definition) is 3. The molecule has 1 aliphatic rings. The Bertz CT molecular complexity index is 297. The fourth-order valence-electron chi connectivity index (χ4n) is 2.15. The maximum Gasteiger partial charge on any atom is 0.241 e. The van der Waals surface area contributed by atoms with Gasteiger partial charge in [0.15, 0.2) is 0 Å². The monoisotopic (exact) mass is 223 g/mol. The zero-order chi connectivity index (χ0) is 12.3. The van der Waals surface area contributed by atoms with Gasteiger partial charge in [-0.25, -0.2) is 0 Å². The summed E-state index contributed by atoms with van der Waals surface area (Å²) in [5.41, 5.74) is 5.93. The maximum atomic E-state index is 12.2. The van der Waals surface area contributed by atoms with Gasteiger partial charge in [-0.2, -0.15) is 5.26 Å². The summed E-state index contributed by atoms with van der Waals surface area (Å²) in [6, 6.07) is 1.58. The zero-order valence-electron chi connectivity index (χ0n) is 10.3. The Balaban J connectivity index is 2.76. The van der Waals surface area contributed by atoms with Gasteiger partial charge in [0.1, 0.15) is 6.04 Å². The Hall–Kier alpha value is -1.08. The van der Waals surface area contributed by atoms with E-state index in [1.807, 2.05) is 20.8 Å². The zero-order valence-corrected chi connectivity index (χ0v) is 10.3. The molecule has 0 aromatic carbocycles. The van der Waals surface area contributed by atoms with Crippen LogP contribution in [0.2, 0.25) is 0 Å². The average molecular weight is 223 g/mol. The van der Waals surface area contributed by atoms with Crippen LogP contribution in [0.25, 0.3) is 0 Å². The van der Waals surface area contributed by atoms with E-state index in [-0.39, 0.29) is 23.9 Å². The highest BCUT2D eigenvalue weighted by molar-refractivity contribution is 5.83. The standard InChI is InChI=1S/C12H21N3O/c1-4-8(2)11(14)12(16)15-9(3)5-6-10(15)7-13/h8-11H,4-6,14H2,1-3H3/t8?,9-,10-,11-/m0/s1. The third kappa shape index (κ3) is 2.35. The molecule has 4 heteroatoms. The van der Waals surface area contributed by atoms with E-state index in [2.05, 4.69) is 6.07 Å². The minimum Gasteiger partial charge on any atom is -0.323 e. The number of carbonyl (C=O) groups is 1. The fraction of sp³-hybridized carbons (Fsp3) is 0.833. The lowest BCUT2D eigenvalue weighted by Gasteiger charge is -2.29. The van der Waals surface area contributed by atoms with Gasteiger partial charge in [-0.3, -0.25) is 4.79 Å². The van der Waals surface area contributed by atoms with Crippen molar-refractivity contribution >= 4 is 5.91 Å². The van der Waals surface area contributed by atoms with Crippen LogP contribution in [-0.4, -0.2) is 28.9 Å². The molecule has 90 valence electrons. The summed E-state index contributed by atoms with van der Waals surface area (Å²) in [4.78, 5) is 13.9. The molecule has 4 nitrogen and oxygen atoms in total. The molecule has 0 aromatic heterocycles. The van der Waals surface area contributed by atoms with E-state index in [4.69, 9.17) is 11.0 Å². The molecule has 1 amide bonds. The third-order valence-electron chi connectivity index (χ3n) is 3.61. The van der Waals surface area contributed by atoms with Crippen LogP contribution in [-0.2, 0) is 4.79 Å². The largest absolute Gasteiger partial charge is 0.323 e. The molecular weight excluding hydrogens is 202 g/mol. The van der Waals surface area contributed by atoms with Crippen LogP contribution in [0.4, 0.5) is 0 Å². The van der Waals surface area contributed by atoms with E-state index in [1.54, 1.807) is 4.90 Å². The van der Waals surface area contributed by atoms with Gasteiger partial charge in [-0.1, -0.05) is 20.3 Å². The van der Waals surface area contributed by atoms with Crippen molar-refractivity contribution in [3.8, 4) is 6.07 Å². The van der Waals surface area contributed by atoms with Gasteiger partial charge >= 0.3 is 0 Å². The number of nitriles is 1. The van der Waals surface area contributed by atoms with Gasteiger partial charge in [0.05, 0.1) is 12.1 Å². The molecule has 1 fully saturated rings. The molecule has 16 heavy (non-hydrogen) atoms. The quantitative estimate of drug-likeness (QED) is 0.783. The molecule has 0 aliphatic carbocycles. The normalized spacial score (nSPS) is 28.6. The number of nitrogens with two attached hydrogens (primary N) is 1. The second kappa shape index (κ2) is 5.31. The first-order valence-corrected chi connectivity index (χ1v) is 6.00. The SMILES string of the molecule is CCC(C)[C@H](N)C(=O)N1[C@H](C#N)CC[C@@H]1C. The molecule has 1 rings (SSSR count). The Morgan fingerprint density at radius 1 is 1.62 bits per heavy atom. The average Bonchev–Trinajstić information content (AvgIpc) is 2.67. The molecule has 0 spiro atoms. The molecule has 1 aliphatic heterocycles. The van der Waals surface area contributed by atoms with Crippen LogP contribution < -0.4 is 5.73 Å². The van der Waals surface area contributed by atoms with Gasteiger partial charge in [0.25, 0.3) is 0 Å². The molecule has 0 saturated carbocycles. The van der Waals surface area contributed by atoms with E-state index in [0.717, 1.165) is 19.3 Å². The van der Waals surface area contributed by atoms with E-state index in [0.29, 0.717) is 0 Å². The number of carbonyl (C=O) groups excluding carboxylic acids is 1. The summed E-state index contributed by atoms with van der Waals surface area (Å²) in [5, 5.41) is 9.00. The number of nitrogens with zero attached hydrogens (tertiary/aromatic N) is 2. The molecule has 4 atom stereocenters. The van der Waals surface area contributed by atoms with Crippen molar-refractivity contribution in [2.45, 2.75) is 58.2 Å². The number of hydrogen-bond donors (Lipinski definition) is 1. The van der Waals surface area contributed by atoms with Gasteiger partial charge in [0, 0.05) is 6.04 Å². The summed E-state index contributed by atoms with van der Waals surface area (Å²) < 4.78 is 0. The summed E-state index contributed by atoms with van der Waals surface area (Å²) in [6.07, 6.45) is 2.56. The van der Waals surface area contributed by atoms with Crippen molar-refractivity contribution in [3.05, 3.63) is 0 Å². The molecule has 0 aromatic rings. The van der Waals surface area contributed by atoms with Gasteiger partial charge in [-0.05, 0) is 25.7 Å². The predicted molar refractivity (Wildman–Crippen MR) is 62.4 cm³/mol. The number of likely N-dealkylation sites (tertiary alicyclic amines) is 1. The minimum atomic E-state index is -0.471. The van der Waals surface area contributed by atoms with Crippen molar-refractivity contribution in [2.75, 3.05) is 0 Å². The molecule has 1 saturated heterocycles. The van der Waals surface area contributed by atoms with Crippen LogP contribution >= 0.6 is 0 Å². The van der Waals surface area contributed by atoms with E-state index in [1.165, 1.54) is 0 Å². The second-order valence-corrected chi connectivity index (χ2v) is 4.73. The highest BCUT2D eigenvalue weighted by Gasteiger charge is 2.37. The first kappa shape index (κ1) is 13.0. The lowest BCUT2D eigenvalue weighted by atomic mass is 9.98. The van der Waals surface area contributed by atoms with Crippen molar-refractivity contribution in [1.82, 2.24) is 4.90 Å². The molecule has 0 radical (unpaired) electrons. The smallest absolute Gasteiger partial charge is 0.241 e. The first-order valence-electron chi connectivity index (χ1n) is 6.00. The Labute approximate surface area is 97.4 Å². The number of amides is 1. The molecule has 0 bridgehead atoms. The van der Waals surface area contributed by atoms with Crippen molar-refractivity contribution in [3.63, 3.8) is 0 Å². The van der Waals surface area contributed by atoms with Crippen LogP contribution in [0.1, 0.15) is 40.0 Å². The lowest BCUT2D eigenvalue weighted by Crippen LogP contribution is -2.50. The highest BCUT2D eigenvalue weighted by Crippen LogP contribution is 2.25. The van der Waals surface area contributed by atoms with Crippen LogP contribution in [0.3, 0.4) is 0 Å². The van der Waals surface area contributed by atoms with Crippen LogP contribution in [0.15, 0.2) is 0 Å². The van der Waals surface area contributed by atoms with E-state index < -0.39 is 6.04 Å².